The number of carbonyl (C=O) groups is 1. The van der Waals surface area contributed by atoms with Gasteiger partial charge in [0.15, 0.2) is 0 Å². The maximum Gasteiger partial charge on any atom is 0.349 e. The average molecular weight is 332 g/mol. The zero-order valence-electron chi connectivity index (χ0n) is 10.6. The molecule has 20 heavy (non-hydrogen) atoms. The van der Waals surface area contributed by atoms with Crippen LogP contribution in [0.5, 0.6) is 0 Å². The van der Waals surface area contributed by atoms with Crippen LogP contribution < -0.4 is 5.56 Å². The number of carbonyl (C=O) groups excluding carboxylic acids is 1. The smallest absolute Gasteiger partial charge is 0.349 e. The third-order valence-corrected chi connectivity index (χ3v) is 3.54. The predicted molar refractivity (Wildman–Crippen MR) is 79.2 cm³/mol. The van der Waals surface area contributed by atoms with E-state index in [1.807, 2.05) is 24.3 Å². The second-order valence-corrected chi connectivity index (χ2v) is 5.44. The molecule has 0 aliphatic carbocycles. The molecule has 0 bridgehead atoms. The van der Waals surface area contributed by atoms with Crippen LogP contribution in [0.4, 0.5) is 0 Å². The number of cyclic esters (lactones) is 1. The molecule has 1 N–H and O–H groups in total. The second-order valence-electron chi connectivity index (χ2n) is 4.52. The van der Waals surface area contributed by atoms with Crippen LogP contribution in [0, 0.1) is 6.92 Å². The van der Waals surface area contributed by atoms with Crippen LogP contribution in [0.2, 0.25) is 0 Å². The molecule has 0 amide bonds. The third-order valence-electron chi connectivity index (χ3n) is 3.01. The fourth-order valence-electron chi connectivity index (χ4n) is 2.11. The molecule has 0 unspecified atom stereocenters. The van der Waals surface area contributed by atoms with E-state index in [-0.39, 0.29) is 5.56 Å². The van der Waals surface area contributed by atoms with Crippen LogP contribution in [0.3, 0.4) is 0 Å². The van der Waals surface area contributed by atoms with Gasteiger partial charge in [-0.25, -0.2) is 4.79 Å². The standard InChI is InChI=1S/C15H10BrNO3/c1-8-6-11-12(7-9-2-4-10(16)5-3-9)20-15(19)13(11)14(18)17-8/h2-7H,1H3,(H,17,18)/b12-7-. The zero-order valence-corrected chi connectivity index (χ0v) is 12.2. The summed E-state index contributed by atoms with van der Waals surface area (Å²) in [4.78, 5) is 26.2. The topological polar surface area (TPSA) is 59.2 Å². The molecule has 1 aromatic carbocycles. The third kappa shape index (κ3) is 2.20. The number of esters is 1. The second kappa shape index (κ2) is 4.76. The Morgan fingerprint density at radius 1 is 1.20 bits per heavy atom. The van der Waals surface area contributed by atoms with Gasteiger partial charge in [-0.05, 0) is 36.8 Å². The number of hydrogen-bond donors (Lipinski definition) is 1. The van der Waals surface area contributed by atoms with E-state index in [0.29, 0.717) is 17.0 Å². The van der Waals surface area contributed by atoms with Crippen molar-refractivity contribution >= 4 is 33.7 Å². The number of rotatable bonds is 1. The molecule has 5 heteroatoms. The van der Waals surface area contributed by atoms with Gasteiger partial charge in [0.2, 0.25) is 0 Å². The lowest BCUT2D eigenvalue weighted by molar-refractivity contribution is 0.0715. The van der Waals surface area contributed by atoms with Crippen LogP contribution in [0.25, 0.3) is 11.8 Å². The van der Waals surface area contributed by atoms with Crippen molar-refractivity contribution in [3.05, 3.63) is 67.5 Å². The Kier molecular flexibility index (Phi) is 3.06. The Balaban J connectivity index is 2.13. The highest BCUT2D eigenvalue weighted by atomic mass is 79.9. The Labute approximate surface area is 123 Å². The lowest BCUT2D eigenvalue weighted by Gasteiger charge is -2.00. The Bertz CT molecular complexity index is 788. The summed E-state index contributed by atoms with van der Waals surface area (Å²) in [5.41, 5.74) is 1.78. The summed E-state index contributed by atoms with van der Waals surface area (Å²) in [7, 11) is 0. The lowest BCUT2D eigenvalue weighted by Crippen LogP contribution is -2.16. The summed E-state index contributed by atoms with van der Waals surface area (Å²) in [5, 5.41) is 0. The maximum absolute atomic E-state index is 11.8. The molecule has 0 atom stereocenters. The number of fused-ring (bicyclic) bond motifs is 1. The minimum absolute atomic E-state index is 0.0685. The van der Waals surface area contributed by atoms with Crippen molar-refractivity contribution in [2.75, 3.05) is 0 Å². The molecule has 1 aromatic heterocycles. The minimum atomic E-state index is -0.607. The number of aromatic amines is 1. The first-order valence-electron chi connectivity index (χ1n) is 5.98. The normalized spacial score (nSPS) is 15.3. The van der Waals surface area contributed by atoms with E-state index in [1.165, 1.54) is 0 Å². The number of hydrogen-bond acceptors (Lipinski definition) is 3. The summed E-state index contributed by atoms with van der Waals surface area (Å²) < 4.78 is 6.16. The van der Waals surface area contributed by atoms with Crippen molar-refractivity contribution in [1.29, 1.82) is 0 Å². The number of nitrogens with one attached hydrogen (secondary N) is 1. The van der Waals surface area contributed by atoms with Crippen molar-refractivity contribution in [3.63, 3.8) is 0 Å². The van der Waals surface area contributed by atoms with Crippen LogP contribution in [-0.2, 0) is 4.74 Å². The summed E-state index contributed by atoms with van der Waals surface area (Å²) >= 11 is 3.36. The highest BCUT2D eigenvalue weighted by Crippen LogP contribution is 2.29. The molecule has 100 valence electrons. The van der Waals surface area contributed by atoms with Crippen LogP contribution in [0.1, 0.15) is 27.2 Å². The van der Waals surface area contributed by atoms with Gasteiger partial charge in [0, 0.05) is 15.7 Å². The van der Waals surface area contributed by atoms with Gasteiger partial charge in [-0.1, -0.05) is 28.1 Å². The SMILES string of the molecule is Cc1cc2c(c(=O)[nH]1)C(=O)O/C2=C\c1ccc(Br)cc1. The van der Waals surface area contributed by atoms with Gasteiger partial charge in [-0.15, -0.1) is 0 Å². The van der Waals surface area contributed by atoms with Gasteiger partial charge in [0.05, 0.1) is 0 Å². The Morgan fingerprint density at radius 3 is 2.60 bits per heavy atom. The van der Waals surface area contributed by atoms with Crippen molar-refractivity contribution in [2.24, 2.45) is 0 Å². The number of aromatic nitrogens is 1. The fourth-order valence-corrected chi connectivity index (χ4v) is 2.37. The molecule has 1 aliphatic rings. The molecule has 4 nitrogen and oxygen atoms in total. The van der Waals surface area contributed by atoms with E-state index < -0.39 is 11.5 Å². The van der Waals surface area contributed by atoms with E-state index in [0.717, 1.165) is 10.0 Å². The van der Waals surface area contributed by atoms with E-state index >= 15 is 0 Å². The molecule has 0 saturated carbocycles. The van der Waals surface area contributed by atoms with Crippen molar-refractivity contribution in [2.45, 2.75) is 6.92 Å². The predicted octanol–water partition coefficient (Wildman–Crippen LogP) is 3.11. The number of aryl methyl sites for hydroxylation is 1. The zero-order chi connectivity index (χ0) is 14.3. The first-order chi connectivity index (χ1) is 9.54. The molecule has 2 heterocycles. The van der Waals surface area contributed by atoms with Crippen LogP contribution >= 0.6 is 15.9 Å². The minimum Gasteiger partial charge on any atom is -0.422 e. The van der Waals surface area contributed by atoms with Crippen molar-refractivity contribution < 1.29 is 9.53 Å². The quantitative estimate of drug-likeness (QED) is 0.817. The summed E-state index contributed by atoms with van der Waals surface area (Å²) in [6.45, 7) is 1.77. The van der Waals surface area contributed by atoms with Gasteiger partial charge < -0.3 is 9.72 Å². The number of halogens is 1. The van der Waals surface area contributed by atoms with E-state index in [2.05, 4.69) is 20.9 Å². The largest absolute Gasteiger partial charge is 0.422 e. The van der Waals surface area contributed by atoms with Gasteiger partial charge in [0.25, 0.3) is 5.56 Å². The van der Waals surface area contributed by atoms with E-state index in [9.17, 15) is 9.59 Å². The average Bonchev–Trinajstić information content (AvgIpc) is 2.69. The molecular weight excluding hydrogens is 322 g/mol. The Hall–Kier alpha value is -2.14. The van der Waals surface area contributed by atoms with Crippen LogP contribution in [0.15, 0.2) is 39.6 Å². The Morgan fingerprint density at radius 2 is 1.90 bits per heavy atom. The molecule has 0 saturated heterocycles. The molecular formula is C15H10BrNO3. The van der Waals surface area contributed by atoms with E-state index in [1.54, 1.807) is 19.1 Å². The number of H-pyrrole nitrogens is 1. The fraction of sp³-hybridized carbons (Fsp3) is 0.0667. The van der Waals surface area contributed by atoms with Crippen molar-refractivity contribution in [3.8, 4) is 0 Å². The van der Waals surface area contributed by atoms with Crippen LogP contribution in [-0.4, -0.2) is 11.0 Å². The van der Waals surface area contributed by atoms with Gasteiger partial charge in [0.1, 0.15) is 11.3 Å². The van der Waals surface area contributed by atoms with Crippen molar-refractivity contribution in [1.82, 2.24) is 4.98 Å². The lowest BCUT2D eigenvalue weighted by atomic mass is 10.1. The number of ether oxygens (including phenoxy) is 1. The van der Waals surface area contributed by atoms with Gasteiger partial charge in [-0.2, -0.15) is 0 Å². The summed E-state index contributed by atoms with van der Waals surface area (Å²) in [6, 6.07) is 9.32. The van der Waals surface area contributed by atoms with Gasteiger partial charge >= 0.3 is 5.97 Å². The molecule has 0 fully saturated rings. The highest BCUT2D eigenvalue weighted by Gasteiger charge is 2.29. The number of pyridine rings is 1. The number of benzene rings is 1. The van der Waals surface area contributed by atoms with Gasteiger partial charge in [-0.3, -0.25) is 4.79 Å². The van der Waals surface area contributed by atoms with E-state index in [4.69, 9.17) is 4.74 Å². The first-order valence-corrected chi connectivity index (χ1v) is 6.77. The molecule has 2 aromatic rings. The molecule has 3 rings (SSSR count). The monoisotopic (exact) mass is 331 g/mol. The summed E-state index contributed by atoms with van der Waals surface area (Å²) in [5.74, 6) is -0.203. The highest BCUT2D eigenvalue weighted by molar-refractivity contribution is 9.10. The first kappa shape index (κ1) is 12.9. The summed E-state index contributed by atoms with van der Waals surface area (Å²) in [6.07, 6.45) is 1.75. The maximum atomic E-state index is 11.8. The molecule has 1 aliphatic heterocycles. The molecule has 0 spiro atoms. The molecule has 0 radical (unpaired) electrons.